The van der Waals surface area contributed by atoms with Gasteiger partial charge in [-0.2, -0.15) is 0 Å². The molecule has 0 spiro atoms. The topological polar surface area (TPSA) is 58.6 Å². The first-order valence-corrected chi connectivity index (χ1v) is 7.05. The third-order valence-corrected chi connectivity index (χ3v) is 3.87. The first-order chi connectivity index (χ1) is 8.94. The van der Waals surface area contributed by atoms with Crippen molar-refractivity contribution in [2.24, 2.45) is 0 Å². The molecule has 2 unspecified atom stereocenters. The minimum absolute atomic E-state index is 0.0331. The molecule has 0 radical (unpaired) electrons. The van der Waals surface area contributed by atoms with Gasteiger partial charge in [-0.1, -0.05) is 6.92 Å². The fourth-order valence-electron chi connectivity index (χ4n) is 2.40. The Kier molecular flexibility index (Phi) is 5.79. The third kappa shape index (κ3) is 3.93. The van der Waals surface area contributed by atoms with E-state index in [1.165, 1.54) is 0 Å². The lowest BCUT2D eigenvalue weighted by Gasteiger charge is -2.33. The van der Waals surface area contributed by atoms with Crippen molar-refractivity contribution in [1.29, 1.82) is 0 Å². The van der Waals surface area contributed by atoms with E-state index in [2.05, 4.69) is 5.32 Å². The quantitative estimate of drug-likeness (QED) is 0.741. The van der Waals surface area contributed by atoms with Crippen molar-refractivity contribution in [2.75, 3.05) is 20.3 Å². The van der Waals surface area contributed by atoms with Crippen LogP contribution in [0.3, 0.4) is 0 Å². The smallest absolute Gasteiger partial charge is 0.248 e. The van der Waals surface area contributed by atoms with Crippen molar-refractivity contribution in [3.63, 3.8) is 0 Å². The molecule has 2 atom stereocenters. The summed E-state index contributed by atoms with van der Waals surface area (Å²) >= 11 is 0. The highest BCUT2D eigenvalue weighted by Crippen LogP contribution is 2.21. The Morgan fingerprint density at radius 2 is 2.11 bits per heavy atom. The molecule has 1 aliphatic heterocycles. The van der Waals surface area contributed by atoms with Gasteiger partial charge < -0.3 is 15.0 Å². The zero-order chi connectivity index (χ0) is 14.5. The lowest BCUT2D eigenvalue weighted by atomic mass is 9.97. The number of hydrogen-bond donors (Lipinski definition) is 1. The number of rotatable bonds is 6. The molecule has 0 aliphatic carbocycles. The van der Waals surface area contributed by atoms with E-state index in [-0.39, 0.29) is 17.9 Å². The van der Waals surface area contributed by atoms with Crippen LogP contribution in [0.5, 0.6) is 0 Å². The molecular weight excluding hydrogens is 244 g/mol. The molecule has 0 bridgehead atoms. The maximum Gasteiger partial charge on any atom is 0.248 e. The van der Waals surface area contributed by atoms with Crippen LogP contribution in [0.2, 0.25) is 0 Å². The van der Waals surface area contributed by atoms with Crippen LogP contribution < -0.4 is 5.32 Å². The van der Waals surface area contributed by atoms with E-state index in [1.807, 2.05) is 25.7 Å². The van der Waals surface area contributed by atoms with Crippen molar-refractivity contribution in [1.82, 2.24) is 10.2 Å². The molecule has 1 fully saturated rings. The van der Waals surface area contributed by atoms with E-state index in [0.717, 1.165) is 12.8 Å². The molecule has 1 aliphatic rings. The Labute approximate surface area is 115 Å². The Balaban J connectivity index is 2.75. The molecule has 0 aromatic carbocycles. The van der Waals surface area contributed by atoms with Gasteiger partial charge in [-0.3, -0.25) is 9.59 Å². The zero-order valence-electron chi connectivity index (χ0n) is 12.5. The molecule has 0 aromatic rings. The second-order valence-electron chi connectivity index (χ2n) is 5.49. The number of methoxy groups -OCH3 is 1. The van der Waals surface area contributed by atoms with Crippen molar-refractivity contribution >= 4 is 11.8 Å². The molecule has 0 aromatic heterocycles. The fraction of sp³-hybridized carbons (Fsp3) is 0.857. The first kappa shape index (κ1) is 16.0. The van der Waals surface area contributed by atoms with Gasteiger partial charge in [-0.15, -0.1) is 0 Å². The highest BCUT2D eigenvalue weighted by Gasteiger charge is 2.41. The van der Waals surface area contributed by atoms with Gasteiger partial charge in [-0.25, -0.2) is 0 Å². The van der Waals surface area contributed by atoms with Crippen LogP contribution >= 0.6 is 0 Å². The molecule has 0 saturated carbocycles. The van der Waals surface area contributed by atoms with Crippen LogP contribution in [0.25, 0.3) is 0 Å². The number of nitrogens with one attached hydrogen (secondary N) is 1. The van der Waals surface area contributed by atoms with Gasteiger partial charge >= 0.3 is 0 Å². The average molecular weight is 270 g/mol. The second-order valence-corrected chi connectivity index (χ2v) is 5.49. The minimum Gasteiger partial charge on any atom is -0.385 e. The summed E-state index contributed by atoms with van der Waals surface area (Å²) in [6.07, 6.45) is 2.82. The maximum absolute atomic E-state index is 12.6. The van der Waals surface area contributed by atoms with Crippen LogP contribution in [0, 0.1) is 0 Å². The van der Waals surface area contributed by atoms with Gasteiger partial charge in [0, 0.05) is 32.7 Å². The zero-order valence-corrected chi connectivity index (χ0v) is 12.5. The molecule has 1 N–H and O–H groups in total. The number of carbonyl (C=O) groups is 2. The molecule has 1 saturated heterocycles. The summed E-state index contributed by atoms with van der Waals surface area (Å²) in [4.78, 5) is 26.3. The molecule has 110 valence electrons. The summed E-state index contributed by atoms with van der Waals surface area (Å²) in [7, 11) is 1.68. The van der Waals surface area contributed by atoms with Crippen LogP contribution in [0.4, 0.5) is 0 Å². The van der Waals surface area contributed by atoms with E-state index in [9.17, 15) is 9.59 Å². The number of amides is 2. The summed E-state index contributed by atoms with van der Waals surface area (Å²) in [5.41, 5.74) is -0.761. The van der Waals surface area contributed by atoms with Gasteiger partial charge in [0.05, 0.1) is 0 Å². The Morgan fingerprint density at radius 3 is 2.68 bits per heavy atom. The second kappa shape index (κ2) is 6.89. The minimum atomic E-state index is -0.761. The first-order valence-electron chi connectivity index (χ1n) is 7.05. The number of hydrogen-bond acceptors (Lipinski definition) is 3. The van der Waals surface area contributed by atoms with E-state index < -0.39 is 5.54 Å². The van der Waals surface area contributed by atoms with Gasteiger partial charge in [-0.05, 0) is 33.1 Å². The summed E-state index contributed by atoms with van der Waals surface area (Å²) in [5.74, 6) is -0.00430. The Morgan fingerprint density at radius 1 is 1.42 bits per heavy atom. The number of carbonyl (C=O) groups excluding carboxylic acids is 2. The third-order valence-electron chi connectivity index (χ3n) is 3.87. The normalized spacial score (nSPS) is 28.2. The van der Waals surface area contributed by atoms with Gasteiger partial charge in [0.15, 0.2) is 0 Å². The molecule has 5 heteroatoms. The standard InChI is InChI=1S/C14H26N2O3/c1-5-14(3)13(18)16(8-6-7-9-19-4)11(2)10-12(17)15-14/h11H,5-10H2,1-4H3,(H,15,17). The van der Waals surface area contributed by atoms with Crippen LogP contribution in [0.1, 0.15) is 46.5 Å². The predicted octanol–water partition coefficient (Wildman–Crippen LogP) is 1.32. The lowest BCUT2D eigenvalue weighted by molar-refractivity contribution is -0.139. The molecular formula is C14H26N2O3. The SMILES string of the molecule is CCC1(C)NC(=O)CC(C)N(CCCCOC)C1=O. The molecule has 5 nitrogen and oxygen atoms in total. The molecule has 1 heterocycles. The number of ether oxygens (including phenoxy) is 1. The maximum atomic E-state index is 12.6. The van der Waals surface area contributed by atoms with E-state index in [4.69, 9.17) is 4.74 Å². The summed E-state index contributed by atoms with van der Waals surface area (Å²) in [6.45, 7) is 7.08. The van der Waals surface area contributed by atoms with E-state index in [0.29, 0.717) is 26.0 Å². The van der Waals surface area contributed by atoms with Crippen molar-refractivity contribution < 1.29 is 14.3 Å². The summed E-state index contributed by atoms with van der Waals surface area (Å²) in [5, 5.41) is 2.86. The average Bonchev–Trinajstić information content (AvgIpc) is 2.44. The van der Waals surface area contributed by atoms with E-state index in [1.54, 1.807) is 7.11 Å². The van der Waals surface area contributed by atoms with Crippen molar-refractivity contribution in [3.8, 4) is 0 Å². The molecule has 19 heavy (non-hydrogen) atoms. The monoisotopic (exact) mass is 270 g/mol. The Bertz CT molecular complexity index is 333. The summed E-state index contributed by atoms with van der Waals surface area (Å²) in [6, 6.07) is -0.0385. The van der Waals surface area contributed by atoms with Gasteiger partial charge in [0.25, 0.3) is 0 Å². The predicted molar refractivity (Wildman–Crippen MR) is 73.7 cm³/mol. The van der Waals surface area contributed by atoms with Crippen LogP contribution in [0.15, 0.2) is 0 Å². The molecule has 1 rings (SSSR count). The van der Waals surface area contributed by atoms with Gasteiger partial charge in [0.1, 0.15) is 5.54 Å². The van der Waals surface area contributed by atoms with E-state index >= 15 is 0 Å². The number of nitrogens with zero attached hydrogens (tertiary/aromatic N) is 1. The van der Waals surface area contributed by atoms with Crippen LogP contribution in [-0.2, 0) is 14.3 Å². The Hall–Kier alpha value is -1.10. The highest BCUT2D eigenvalue weighted by atomic mass is 16.5. The van der Waals surface area contributed by atoms with Crippen LogP contribution in [-0.4, -0.2) is 48.6 Å². The van der Waals surface area contributed by atoms with Gasteiger partial charge in [0.2, 0.25) is 11.8 Å². The van der Waals surface area contributed by atoms with Crippen molar-refractivity contribution in [2.45, 2.75) is 58.0 Å². The fourth-order valence-corrected chi connectivity index (χ4v) is 2.40. The number of unbranched alkanes of at least 4 members (excludes halogenated alkanes) is 1. The van der Waals surface area contributed by atoms with Crippen molar-refractivity contribution in [3.05, 3.63) is 0 Å². The largest absolute Gasteiger partial charge is 0.385 e. The highest BCUT2D eigenvalue weighted by molar-refractivity contribution is 5.93. The molecule has 2 amide bonds. The summed E-state index contributed by atoms with van der Waals surface area (Å²) < 4.78 is 5.02. The lowest BCUT2D eigenvalue weighted by Crippen LogP contribution is -2.55.